The van der Waals surface area contributed by atoms with E-state index in [2.05, 4.69) is 4.74 Å². The summed E-state index contributed by atoms with van der Waals surface area (Å²) in [5.41, 5.74) is -0.0551. The number of ether oxygens (including phenoxy) is 1. The lowest BCUT2D eigenvalue weighted by atomic mass is 10.1. The third-order valence-corrected chi connectivity index (χ3v) is 4.32. The van der Waals surface area contributed by atoms with Crippen LogP contribution >= 0.6 is 0 Å². The lowest BCUT2D eigenvalue weighted by molar-refractivity contribution is -0.0499. The molecule has 148 valence electrons. The van der Waals surface area contributed by atoms with Crippen molar-refractivity contribution in [2.24, 2.45) is 0 Å². The van der Waals surface area contributed by atoms with Gasteiger partial charge in [-0.25, -0.2) is 8.78 Å². The quantitative estimate of drug-likeness (QED) is 0.746. The van der Waals surface area contributed by atoms with Gasteiger partial charge in [0.05, 0.1) is 5.56 Å². The van der Waals surface area contributed by atoms with E-state index in [1.807, 2.05) is 0 Å². The monoisotopic (exact) mass is 396 g/mol. The van der Waals surface area contributed by atoms with E-state index in [9.17, 15) is 27.2 Å². The highest BCUT2D eigenvalue weighted by Crippen LogP contribution is 2.19. The molecule has 1 aliphatic rings. The van der Waals surface area contributed by atoms with Crippen molar-refractivity contribution in [2.45, 2.75) is 6.61 Å². The average molecular weight is 396 g/mol. The van der Waals surface area contributed by atoms with E-state index in [-0.39, 0.29) is 49.0 Å². The normalized spacial score (nSPS) is 14.3. The number of amides is 2. The summed E-state index contributed by atoms with van der Waals surface area (Å²) in [4.78, 5) is 27.8. The van der Waals surface area contributed by atoms with Crippen LogP contribution in [0.25, 0.3) is 0 Å². The third-order valence-electron chi connectivity index (χ3n) is 4.32. The Balaban J connectivity index is 1.63. The molecule has 0 unspecified atom stereocenters. The first-order valence-corrected chi connectivity index (χ1v) is 8.43. The highest BCUT2D eigenvalue weighted by molar-refractivity contribution is 5.96. The second kappa shape index (κ2) is 8.28. The Morgan fingerprint density at radius 1 is 0.893 bits per heavy atom. The molecule has 0 atom stereocenters. The molecule has 2 aromatic carbocycles. The summed E-state index contributed by atoms with van der Waals surface area (Å²) in [7, 11) is 0. The molecule has 5 nitrogen and oxygen atoms in total. The van der Waals surface area contributed by atoms with E-state index in [1.165, 1.54) is 34.1 Å². The van der Waals surface area contributed by atoms with Gasteiger partial charge in [0.2, 0.25) is 0 Å². The van der Waals surface area contributed by atoms with E-state index < -0.39 is 24.2 Å². The van der Waals surface area contributed by atoms with Crippen LogP contribution in [-0.2, 0) is 0 Å². The first-order valence-electron chi connectivity index (χ1n) is 8.43. The van der Waals surface area contributed by atoms with Gasteiger partial charge in [-0.1, -0.05) is 6.07 Å². The molecule has 1 heterocycles. The SMILES string of the molecule is O=C(c1cccc(OC(F)F)c1)N1CCN(C(=O)c2ccc(F)cc2F)CC1. The molecule has 0 bridgehead atoms. The van der Waals surface area contributed by atoms with Crippen LogP contribution in [-0.4, -0.2) is 54.4 Å². The zero-order chi connectivity index (χ0) is 20.3. The van der Waals surface area contributed by atoms with Gasteiger partial charge in [-0.15, -0.1) is 0 Å². The van der Waals surface area contributed by atoms with E-state index >= 15 is 0 Å². The second-order valence-corrected chi connectivity index (χ2v) is 6.11. The molecule has 1 aliphatic heterocycles. The van der Waals surface area contributed by atoms with Crippen molar-refractivity contribution in [1.29, 1.82) is 0 Å². The number of rotatable bonds is 4. The van der Waals surface area contributed by atoms with Crippen molar-refractivity contribution >= 4 is 11.8 Å². The van der Waals surface area contributed by atoms with Crippen molar-refractivity contribution in [3.05, 3.63) is 65.2 Å². The maximum absolute atomic E-state index is 13.8. The molecule has 1 saturated heterocycles. The summed E-state index contributed by atoms with van der Waals surface area (Å²) in [5.74, 6) is -2.82. The van der Waals surface area contributed by atoms with Gasteiger partial charge in [0.15, 0.2) is 0 Å². The molecular weight excluding hydrogens is 380 g/mol. The van der Waals surface area contributed by atoms with Crippen molar-refractivity contribution in [3.63, 3.8) is 0 Å². The molecule has 2 amide bonds. The summed E-state index contributed by atoms with van der Waals surface area (Å²) in [5, 5.41) is 0. The number of hydrogen-bond acceptors (Lipinski definition) is 3. The van der Waals surface area contributed by atoms with Gasteiger partial charge >= 0.3 is 6.61 Å². The van der Waals surface area contributed by atoms with E-state index in [0.717, 1.165) is 12.1 Å². The van der Waals surface area contributed by atoms with E-state index in [1.54, 1.807) is 0 Å². The Morgan fingerprint density at radius 3 is 2.14 bits per heavy atom. The van der Waals surface area contributed by atoms with Crippen molar-refractivity contribution in [1.82, 2.24) is 9.80 Å². The Labute approximate surface area is 158 Å². The van der Waals surface area contributed by atoms with Crippen LogP contribution in [0.3, 0.4) is 0 Å². The molecule has 28 heavy (non-hydrogen) atoms. The fourth-order valence-corrected chi connectivity index (χ4v) is 2.93. The summed E-state index contributed by atoms with van der Waals surface area (Å²) < 4.78 is 55.7. The topological polar surface area (TPSA) is 49.9 Å². The van der Waals surface area contributed by atoms with Gasteiger partial charge in [0.1, 0.15) is 17.4 Å². The van der Waals surface area contributed by atoms with Crippen LogP contribution in [0.2, 0.25) is 0 Å². The zero-order valence-electron chi connectivity index (χ0n) is 14.6. The summed E-state index contributed by atoms with van der Waals surface area (Å²) in [6.45, 7) is -2.30. The second-order valence-electron chi connectivity index (χ2n) is 6.11. The van der Waals surface area contributed by atoms with Crippen LogP contribution in [0.15, 0.2) is 42.5 Å². The highest BCUT2D eigenvalue weighted by Gasteiger charge is 2.27. The molecule has 0 saturated carbocycles. The Bertz CT molecular complexity index is 883. The standard InChI is InChI=1S/C19H16F4N2O3/c20-13-4-5-15(16(21)11-13)18(27)25-8-6-24(7-9-25)17(26)12-2-1-3-14(10-12)28-19(22)23/h1-5,10-11,19H,6-9H2. The third kappa shape index (κ3) is 4.41. The minimum Gasteiger partial charge on any atom is -0.435 e. The highest BCUT2D eigenvalue weighted by atomic mass is 19.3. The maximum Gasteiger partial charge on any atom is 0.387 e. The van der Waals surface area contributed by atoms with Crippen molar-refractivity contribution < 1.29 is 31.9 Å². The number of halogens is 4. The molecule has 0 aliphatic carbocycles. The van der Waals surface area contributed by atoms with Gasteiger partial charge in [-0.05, 0) is 30.3 Å². The molecule has 9 heteroatoms. The minimum atomic E-state index is -2.99. The average Bonchev–Trinajstić information content (AvgIpc) is 2.67. The summed E-state index contributed by atoms with van der Waals surface area (Å²) >= 11 is 0. The lowest BCUT2D eigenvalue weighted by Gasteiger charge is -2.35. The van der Waals surface area contributed by atoms with Gasteiger partial charge in [0.25, 0.3) is 11.8 Å². The van der Waals surface area contributed by atoms with Crippen LogP contribution in [0.1, 0.15) is 20.7 Å². The predicted octanol–water partition coefficient (Wildman–Crippen LogP) is 3.16. The number of nitrogens with zero attached hydrogens (tertiary/aromatic N) is 2. The molecule has 0 N–H and O–H groups in total. The van der Waals surface area contributed by atoms with Crippen LogP contribution in [0.5, 0.6) is 5.75 Å². The Morgan fingerprint density at radius 2 is 1.54 bits per heavy atom. The number of carbonyl (C=O) groups excluding carboxylic acids is 2. The molecule has 2 aromatic rings. The van der Waals surface area contributed by atoms with Gasteiger partial charge in [-0.2, -0.15) is 8.78 Å². The van der Waals surface area contributed by atoms with Gasteiger partial charge in [0, 0.05) is 37.8 Å². The van der Waals surface area contributed by atoms with E-state index in [4.69, 9.17) is 0 Å². The zero-order valence-corrected chi connectivity index (χ0v) is 14.6. The summed E-state index contributed by atoms with van der Waals surface area (Å²) in [6, 6.07) is 8.18. The number of carbonyl (C=O) groups is 2. The largest absolute Gasteiger partial charge is 0.435 e. The first-order chi connectivity index (χ1) is 13.3. The molecule has 0 aromatic heterocycles. The fourth-order valence-electron chi connectivity index (χ4n) is 2.93. The maximum atomic E-state index is 13.8. The number of piperazine rings is 1. The number of hydrogen-bond donors (Lipinski definition) is 0. The predicted molar refractivity (Wildman–Crippen MR) is 91.2 cm³/mol. The molecule has 0 spiro atoms. The minimum absolute atomic E-state index is 0.124. The summed E-state index contributed by atoms with van der Waals surface area (Å²) in [6.07, 6.45) is 0. The van der Waals surface area contributed by atoms with Crippen molar-refractivity contribution in [2.75, 3.05) is 26.2 Å². The Hall–Kier alpha value is -3.10. The smallest absolute Gasteiger partial charge is 0.387 e. The number of alkyl halides is 2. The Kier molecular flexibility index (Phi) is 5.81. The van der Waals surface area contributed by atoms with Crippen LogP contribution < -0.4 is 4.74 Å². The van der Waals surface area contributed by atoms with Crippen molar-refractivity contribution in [3.8, 4) is 5.75 Å². The van der Waals surface area contributed by atoms with E-state index in [0.29, 0.717) is 6.07 Å². The van der Waals surface area contributed by atoms with Gasteiger partial charge in [-0.3, -0.25) is 9.59 Å². The molecule has 1 fully saturated rings. The first kappa shape index (κ1) is 19.7. The lowest BCUT2D eigenvalue weighted by Crippen LogP contribution is -2.50. The van der Waals surface area contributed by atoms with Gasteiger partial charge < -0.3 is 14.5 Å². The molecule has 0 radical (unpaired) electrons. The fraction of sp³-hybridized carbons (Fsp3) is 0.263. The molecule has 3 rings (SSSR count). The number of benzene rings is 2. The van der Waals surface area contributed by atoms with Crippen LogP contribution in [0, 0.1) is 11.6 Å². The molecular formula is C19H16F4N2O3. The van der Waals surface area contributed by atoms with Crippen LogP contribution in [0.4, 0.5) is 17.6 Å².